The Morgan fingerprint density at radius 2 is 1.60 bits per heavy atom. The maximum Gasteiger partial charge on any atom is 0.243 e. The number of hydrogen-bond donors (Lipinski definition) is 0. The van der Waals surface area contributed by atoms with E-state index in [9.17, 15) is 9.18 Å². The molecular formula is C20H24FN3O. The first-order chi connectivity index (χ1) is 12.1. The van der Waals surface area contributed by atoms with Crippen molar-refractivity contribution in [1.29, 1.82) is 0 Å². The minimum atomic E-state index is -0.217. The van der Waals surface area contributed by atoms with Gasteiger partial charge >= 0.3 is 0 Å². The molecule has 0 radical (unpaired) electrons. The Morgan fingerprint density at radius 3 is 2.20 bits per heavy atom. The van der Waals surface area contributed by atoms with Gasteiger partial charge in [-0.05, 0) is 43.3 Å². The van der Waals surface area contributed by atoms with E-state index in [-0.39, 0.29) is 17.8 Å². The Balaban J connectivity index is 1.58. The highest BCUT2D eigenvalue weighted by Crippen LogP contribution is 2.19. The lowest BCUT2D eigenvalue weighted by Crippen LogP contribution is -2.54. The molecule has 1 fully saturated rings. The normalized spacial score (nSPS) is 16.5. The number of nitrogens with zero attached hydrogens (tertiary/aromatic N) is 3. The molecule has 4 nitrogen and oxygen atoms in total. The molecule has 1 aliphatic rings. The summed E-state index contributed by atoms with van der Waals surface area (Å²) < 4.78 is 13.1. The third-order valence-corrected chi connectivity index (χ3v) is 4.89. The lowest BCUT2D eigenvalue weighted by molar-refractivity contribution is -0.123. The second kappa shape index (κ2) is 7.66. The number of piperazine rings is 1. The summed E-state index contributed by atoms with van der Waals surface area (Å²) in [6.07, 6.45) is 0. The maximum atomic E-state index is 13.1. The molecule has 1 amide bonds. The van der Waals surface area contributed by atoms with Crippen LogP contribution >= 0.6 is 0 Å². The van der Waals surface area contributed by atoms with Gasteiger partial charge in [-0.2, -0.15) is 0 Å². The number of rotatable bonds is 4. The van der Waals surface area contributed by atoms with Crippen molar-refractivity contribution in [2.75, 3.05) is 43.0 Å². The zero-order chi connectivity index (χ0) is 17.8. The van der Waals surface area contributed by atoms with E-state index in [2.05, 4.69) is 9.80 Å². The second-order valence-corrected chi connectivity index (χ2v) is 6.41. The van der Waals surface area contributed by atoms with Crippen molar-refractivity contribution in [3.8, 4) is 0 Å². The van der Waals surface area contributed by atoms with Gasteiger partial charge in [-0.1, -0.05) is 18.2 Å². The molecule has 1 aliphatic heterocycles. The zero-order valence-corrected chi connectivity index (χ0v) is 14.7. The monoisotopic (exact) mass is 341 g/mol. The van der Waals surface area contributed by atoms with Crippen LogP contribution in [0, 0.1) is 5.82 Å². The number of hydrogen-bond acceptors (Lipinski definition) is 3. The van der Waals surface area contributed by atoms with Crippen molar-refractivity contribution >= 4 is 17.3 Å². The molecule has 0 aliphatic carbocycles. The SMILES string of the molecule is C[C@H](C(=O)N(C)c1ccccc1)N1CCN(c2ccc(F)cc2)CC1. The maximum absolute atomic E-state index is 13.1. The highest BCUT2D eigenvalue weighted by Gasteiger charge is 2.28. The van der Waals surface area contributed by atoms with E-state index in [4.69, 9.17) is 0 Å². The molecule has 2 aromatic rings. The van der Waals surface area contributed by atoms with Crippen LogP contribution in [0.2, 0.25) is 0 Å². The molecule has 132 valence electrons. The van der Waals surface area contributed by atoms with Crippen LogP contribution in [0.25, 0.3) is 0 Å². The Morgan fingerprint density at radius 1 is 1.00 bits per heavy atom. The average molecular weight is 341 g/mol. The van der Waals surface area contributed by atoms with Gasteiger partial charge in [-0.25, -0.2) is 4.39 Å². The van der Waals surface area contributed by atoms with E-state index in [0.717, 1.165) is 37.6 Å². The molecule has 0 saturated carbocycles. The van der Waals surface area contributed by atoms with Crippen molar-refractivity contribution in [3.63, 3.8) is 0 Å². The van der Waals surface area contributed by atoms with E-state index in [0.29, 0.717) is 0 Å². The average Bonchev–Trinajstić information content (AvgIpc) is 2.67. The number of likely N-dealkylation sites (N-methyl/N-ethyl adjacent to an activating group) is 1. The molecule has 25 heavy (non-hydrogen) atoms. The Labute approximate surface area is 148 Å². The van der Waals surface area contributed by atoms with Crippen molar-refractivity contribution in [1.82, 2.24) is 4.90 Å². The third kappa shape index (κ3) is 3.99. The number of amides is 1. The predicted octanol–water partition coefficient (Wildman–Crippen LogP) is 3.00. The number of benzene rings is 2. The lowest BCUT2D eigenvalue weighted by atomic mass is 10.1. The smallest absolute Gasteiger partial charge is 0.243 e. The van der Waals surface area contributed by atoms with Crippen LogP contribution in [0.4, 0.5) is 15.8 Å². The first-order valence-electron chi connectivity index (χ1n) is 8.63. The number of carbonyl (C=O) groups is 1. The summed E-state index contributed by atoms with van der Waals surface area (Å²) in [6, 6.07) is 16.1. The fraction of sp³-hybridized carbons (Fsp3) is 0.350. The van der Waals surface area contributed by atoms with Gasteiger partial charge in [-0.3, -0.25) is 9.69 Å². The number of anilines is 2. The lowest BCUT2D eigenvalue weighted by Gasteiger charge is -2.39. The van der Waals surface area contributed by atoms with E-state index >= 15 is 0 Å². The van der Waals surface area contributed by atoms with Gasteiger partial charge in [-0.15, -0.1) is 0 Å². The first kappa shape index (κ1) is 17.4. The summed E-state index contributed by atoms with van der Waals surface area (Å²) in [6.45, 7) is 5.26. The highest BCUT2D eigenvalue weighted by molar-refractivity contribution is 5.96. The molecule has 0 unspecified atom stereocenters. The Bertz CT molecular complexity index is 697. The van der Waals surface area contributed by atoms with E-state index < -0.39 is 0 Å². The predicted molar refractivity (Wildman–Crippen MR) is 99.5 cm³/mol. The molecule has 0 N–H and O–H groups in total. The molecule has 0 aromatic heterocycles. The van der Waals surface area contributed by atoms with Gasteiger partial charge in [0, 0.05) is 44.6 Å². The van der Waals surface area contributed by atoms with E-state index in [1.165, 1.54) is 12.1 Å². The van der Waals surface area contributed by atoms with Crippen molar-refractivity contribution < 1.29 is 9.18 Å². The molecule has 1 saturated heterocycles. The molecule has 2 aromatic carbocycles. The fourth-order valence-corrected chi connectivity index (χ4v) is 3.23. The van der Waals surface area contributed by atoms with Crippen LogP contribution in [-0.4, -0.2) is 50.1 Å². The van der Waals surface area contributed by atoms with Gasteiger partial charge < -0.3 is 9.80 Å². The molecule has 1 heterocycles. The third-order valence-electron chi connectivity index (χ3n) is 4.89. The standard InChI is InChI=1S/C20H24FN3O/c1-16(20(25)22(2)18-6-4-3-5-7-18)23-12-14-24(15-13-23)19-10-8-17(21)9-11-19/h3-11,16H,12-15H2,1-2H3/t16-/m1/s1. The number of para-hydroxylation sites is 1. The van der Waals surface area contributed by atoms with E-state index in [1.807, 2.05) is 56.4 Å². The molecule has 0 bridgehead atoms. The van der Waals surface area contributed by atoms with Crippen molar-refractivity contribution in [2.45, 2.75) is 13.0 Å². The van der Waals surface area contributed by atoms with Gasteiger partial charge in [0.15, 0.2) is 0 Å². The first-order valence-corrected chi connectivity index (χ1v) is 8.63. The van der Waals surface area contributed by atoms with Crippen LogP contribution < -0.4 is 9.80 Å². The summed E-state index contributed by atoms with van der Waals surface area (Å²) in [4.78, 5) is 18.9. The minimum absolute atomic E-state index is 0.0985. The van der Waals surface area contributed by atoms with Gasteiger partial charge in [0.2, 0.25) is 5.91 Å². The zero-order valence-electron chi connectivity index (χ0n) is 14.7. The topological polar surface area (TPSA) is 26.8 Å². The number of halogens is 1. The van der Waals surface area contributed by atoms with Crippen LogP contribution in [0.5, 0.6) is 0 Å². The summed E-state index contributed by atoms with van der Waals surface area (Å²) in [5.74, 6) is -0.119. The van der Waals surface area contributed by atoms with Crippen LogP contribution in [0.15, 0.2) is 54.6 Å². The second-order valence-electron chi connectivity index (χ2n) is 6.41. The summed E-state index contributed by atoms with van der Waals surface area (Å²) in [5, 5.41) is 0. The van der Waals surface area contributed by atoms with E-state index in [1.54, 1.807) is 4.90 Å². The highest BCUT2D eigenvalue weighted by atomic mass is 19.1. The Kier molecular flexibility index (Phi) is 5.34. The molecule has 5 heteroatoms. The van der Waals surface area contributed by atoms with Gasteiger partial charge in [0.25, 0.3) is 0 Å². The van der Waals surface area contributed by atoms with Crippen molar-refractivity contribution in [2.24, 2.45) is 0 Å². The van der Waals surface area contributed by atoms with Gasteiger partial charge in [0.05, 0.1) is 6.04 Å². The van der Waals surface area contributed by atoms with Crippen LogP contribution in [-0.2, 0) is 4.79 Å². The minimum Gasteiger partial charge on any atom is -0.369 e. The van der Waals surface area contributed by atoms with Crippen LogP contribution in [0.3, 0.4) is 0 Å². The summed E-state index contributed by atoms with van der Waals surface area (Å²) in [7, 11) is 1.82. The summed E-state index contributed by atoms with van der Waals surface area (Å²) in [5.41, 5.74) is 1.94. The fourth-order valence-electron chi connectivity index (χ4n) is 3.23. The molecule has 3 rings (SSSR count). The molecule has 0 spiro atoms. The number of carbonyl (C=O) groups excluding carboxylic acids is 1. The Hall–Kier alpha value is -2.40. The summed E-state index contributed by atoms with van der Waals surface area (Å²) >= 11 is 0. The quantitative estimate of drug-likeness (QED) is 0.855. The molecule has 1 atom stereocenters. The van der Waals surface area contributed by atoms with Crippen LogP contribution in [0.1, 0.15) is 6.92 Å². The largest absolute Gasteiger partial charge is 0.369 e. The van der Waals surface area contributed by atoms with Crippen molar-refractivity contribution in [3.05, 3.63) is 60.4 Å². The molecular weight excluding hydrogens is 317 g/mol. The van der Waals surface area contributed by atoms with Gasteiger partial charge in [0.1, 0.15) is 5.82 Å².